The fourth-order valence-electron chi connectivity index (χ4n) is 2.71. The fraction of sp³-hybridized carbons (Fsp3) is 0.538. The van der Waals surface area contributed by atoms with Crippen LogP contribution in [-0.2, 0) is 9.47 Å². The highest BCUT2D eigenvalue weighted by Gasteiger charge is 2.51. The number of carbonyl (C=O) groups is 1. The molecule has 5 unspecified atom stereocenters. The van der Waals surface area contributed by atoms with E-state index in [-0.39, 0.29) is 0 Å². The average molecular weight is 329 g/mol. The first kappa shape index (κ1) is 15.3. The van der Waals surface area contributed by atoms with Crippen LogP contribution in [0.15, 0.2) is 25.0 Å². The minimum atomic E-state index is -0.920. The van der Waals surface area contributed by atoms with E-state index in [1.54, 1.807) is 12.3 Å². The predicted molar refractivity (Wildman–Crippen MR) is 77.4 cm³/mol. The highest BCUT2D eigenvalue weighted by atomic mass is 35.5. The van der Waals surface area contributed by atoms with E-state index >= 15 is 0 Å². The van der Waals surface area contributed by atoms with Gasteiger partial charge in [-0.05, 0) is 0 Å². The quantitative estimate of drug-likeness (QED) is 0.678. The maximum Gasteiger partial charge on any atom is 0.315 e. The monoisotopic (exact) mass is 328 g/mol. The Morgan fingerprint density at radius 1 is 1.68 bits per heavy atom. The molecule has 3 heterocycles. The molecule has 0 saturated carbocycles. The minimum Gasteiger partial charge on any atom is -0.388 e. The van der Waals surface area contributed by atoms with E-state index in [2.05, 4.69) is 22.3 Å². The van der Waals surface area contributed by atoms with E-state index in [9.17, 15) is 9.90 Å². The third-order valence-corrected chi connectivity index (χ3v) is 3.91. The topological polar surface area (TPSA) is 97.6 Å². The van der Waals surface area contributed by atoms with Crippen molar-refractivity contribution in [2.45, 2.75) is 30.6 Å². The number of nitrogens with one attached hydrogen (secondary N) is 2. The molecule has 9 heteroatoms. The van der Waals surface area contributed by atoms with Gasteiger partial charge in [0, 0.05) is 12.7 Å². The van der Waals surface area contributed by atoms with E-state index < -0.39 is 36.6 Å². The van der Waals surface area contributed by atoms with Crippen LogP contribution in [0.2, 0.25) is 5.02 Å². The number of aromatic nitrogens is 2. The molecule has 5 atom stereocenters. The van der Waals surface area contributed by atoms with Crippen LogP contribution in [0.4, 0.5) is 4.79 Å². The molecule has 8 nitrogen and oxygen atoms in total. The Morgan fingerprint density at radius 2 is 2.50 bits per heavy atom. The van der Waals surface area contributed by atoms with Crippen LogP contribution >= 0.6 is 11.6 Å². The summed E-state index contributed by atoms with van der Waals surface area (Å²) in [6, 6.07) is -1.61. The van der Waals surface area contributed by atoms with Crippen LogP contribution in [0.25, 0.3) is 0 Å². The second-order valence-corrected chi connectivity index (χ2v) is 5.60. The maximum absolute atomic E-state index is 11.8. The van der Waals surface area contributed by atoms with Crippen molar-refractivity contribution in [3.8, 4) is 0 Å². The van der Waals surface area contributed by atoms with Crippen LogP contribution in [0.3, 0.4) is 0 Å². The first-order valence-corrected chi connectivity index (χ1v) is 7.28. The smallest absolute Gasteiger partial charge is 0.315 e. The standard InChI is InChI=1S/C13H17ClN4O4/c1-2-3-15-13(20)17-9-8-6-21-12(22-8)10(11(9)19)18-5-7(14)4-16-18/h2,4-5,8-12,19H,1,3,6H2,(H2,15,17,20). The Hall–Kier alpha value is -1.61. The molecule has 0 spiro atoms. The molecule has 1 aromatic heterocycles. The summed E-state index contributed by atoms with van der Waals surface area (Å²) in [4.78, 5) is 11.8. The Balaban J connectivity index is 1.76. The second kappa shape index (κ2) is 6.25. The van der Waals surface area contributed by atoms with Gasteiger partial charge in [-0.15, -0.1) is 6.58 Å². The van der Waals surface area contributed by atoms with Gasteiger partial charge in [0.1, 0.15) is 18.2 Å². The molecule has 3 N–H and O–H groups in total. The van der Waals surface area contributed by atoms with E-state index in [0.29, 0.717) is 18.2 Å². The molecule has 2 amide bonds. The molecule has 0 radical (unpaired) electrons. The highest BCUT2D eigenvalue weighted by Crippen LogP contribution is 2.35. The first-order chi connectivity index (χ1) is 10.6. The van der Waals surface area contributed by atoms with Gasteiger partial charge in [0.05, 0.1) is 23.9 Å². The van der Waals surface area contributed by atoms with Crippen LogP contribution < -0.4 is 10.6 Å². The molecular weight excluding hydrogens is 312 g/mol. The summed E-state index contributed by atoms with van der Waals surface area (Å²) in [5.41, 5.74) is 0. The molecule has 1 aromatic rings. The zero-order valence-electron chi connectivity index (χ0n) is 11.7. The van der Waals surface area contributed by atoms with Crippen molar-refractivity contribution in [1.29, 1.82) is 0 Å². The van der Waals surface area contributed by atoms with Gasteiger partial charge >= 0.3 is 6.03 Å². The highest BCUT2D eigenvalue weighted by molar-refractivity contribution is 6.30. The van der Waals surface area contributed by atoms with E-state index in [0.717, 1.165) is 0 Å². The number of carbonyl (C=O) groups excluding carboxylic acids is 1. The number of hydrogen-bond donors (Lipinski definition) is 3. The van der Waals surface area contributed by atoms with Crippen molar-refractivity contribution in [1.82, 2.24) is 20.4 Å². The maximum atomic E-state index is 11.8. The average Bonchev–Trinajstić information content (AvgIpc) is 3.10. The molecule has 2 fully saturated rings. The molecular formula is C13H17ClN4O4. The van der Waals surface area contributed by atoms with Gasteiger partial charge < -0.3 is 25.2 Å². The SMILES string of the molecule is C=CCNC(=O)NC1C2COC(O2)C(n2cc(Cl)cn2)C1O. The summed E-state index contributed by atoms with van der Waals surface area (Å²) >= 11 is 5.87. The molecule has 120 valence electrons. The number of urea groups is 1. The Bertz CT molecular complexity index is 566. The predicted octanol–water partition coefficient (Wildman–Crippen LogP) is 0.0474. The Labute approximate surface area is 132 Å². The lowest BCUT2D eigenvalue weighted by molar-refractivity contribution is -0.166. The number of aliphatic hydroxyl groups excluding tert-OH is 1. The van der Waals surface area contributed by atoms with Gasteiger partial charge in [-0.25, -0.2) is 4.79 Å². The van der Waals surface area contributed by atoms with E-state index in [4.69, 9.17) is 21.1 Å². The number of ether oxygens (including phenoxy) is 2. The van der Waals surface area contributed by atoms with Crippen molar-refractivity contribution in [3.05, 3.63) is 30.1 Å². The zero-order valence-corrected chi connectivity index (χ0v) is 12.4. The molecule has 22 heavy (non-hydrogen) atoms. The molecule has 0 aromatic carbocycles. The third-order valence-electron chi connectivity index (χ3n) is 3.71. The van der Waals surface area contributed by atoms with Gasteiger partial charge in [-0.1, -0.05) is 17.7 Å². The summed E-state index contributed by atoms with van der Waals surface area (Å²) in [5, 5.41) is 20.5. The van der Waals surface area contributed by atoms with Crippen molar-refractivity contribution < 1.29 is 19.4 Å². The molecule has 2 bridgehead atoms. The number of hydrogen-bond acceptors (Lipinski definition) is 5. The van der Waals surface area contributed by atoms with E-state index in [1.807, 2.05) is 0 Å². The van der Waals surface area contributed by atoms with Gasteiger partial charge in [-0.2, -0.15) is 5.10 Å². The lowest BCUT2D eigenvalue weighted by Crippen LogP contribution is -2.60. The second-order valence-electron chi connectivity index (χ2n) is 5.16. The van der Waals surface area contributed by atoms with Crippen molar-refractivity contribution in [2.75, 3.05) is 13.2 Å². The molecule has 0 aliphatic carbocycles. The summed E-state index contributed by atoms with van der Waals surface area (Å²) in [6.45, 7) is 4.15. The molecule has 3 rings (SSSR count). The number of fused-ring (bicyclic) bond motifs is 2. The van der Waals surface area contributed by atoms with Gasteiger partial charge in [0.15, 0.2) is 6.29 Å². The molecule has 2 aliphatic rings. The van der Waals surface area contributed by atoms with E-state index in [1.165, 1.54) is 10.9 Å². The third kappa shape index (κ3) is 2.82. The normalized spacial score (nSPS) is 33.5. The number of rotatable bonds is 4. The van der Waals surface area contributed by atoms with Crippen molar-refractivity contribution >= 4 is 17.6 Å². The summed E-state index contributed by atoms with van der Waals surface area (Å²) in [5.74, 6) is 0. The number of amides is 2. The molecule has 2 aliphatic heterocycles. The first-order valence-electron chi connectivity index (χ1n) is 6.90. The Kier molecular flexibility index (Phi) is 4.34. The number of aliphatic hydroxyl groups is 1. The minimum absolute atomic E-state index is 0.291. The van der Waals surface area contributed by atoms with Gasteiger partial charge in [0.2, 0.25) is 0 Å². The van der Waals surface area contributed by atoms with Gasteiger partial charge in [0.25, 0.3) is 0 Å². The fourth-order valence-corrected chi connectivity index (χ4v) is 2.85. The summed E-state index contributed by atoms with van der Waals surface area (Å²) in [6.07, 6.45) is 2.67. The zero-order chi connectivity index (χ0) is 15.7. The Morgan fingerprint density at radius 3 is 3.18 bits per heavy atom. The van der Waals surface area contributed by atoms with Crippen LogP contribution in [0, 0.1) is 0 Å². The lowest BCUT2D eigenvalue weighted by Gasteiger charge is -2.38. The van der Waals surface area contributed by atoms with Crippen LogP contribution in [0.1, 0.15) is 6.04 Å². The number of halogens is 1. The van der Waals surface area contributed by atoms with Crippen molar-refractivity contribution in [2.24, 2.45) is 0 Å². The van der Waals surface area contributed by atoms with Crippen LogP contribution in [-0.4, -0.2) is 58.6 Å². The van der Waals surface area contributed by atoms with Crippen molar-refractivity contribution in [3.63, 3.8) is 0 Å². The summed E-state index contributed by atoms with van der Waals surface area (Å²) in [7, 11) is 0. The van der Waals surface area contributed by atoms with Gasteiger partial charge in [-0.3, -0.25) is 4.68 Å². The lowest BCUT2D eigenvalue weighted by atomic mass is 9.96. The number of nitrogens with zero attached hydrogens (tertiary/aromatic N) is 2. The summed E-state index contributed by atoms with van der Waals surface area (Å²) < 4.78 is 12.8. The molecule has 2 saturated heterocycles. The van der Waals surface area contributed by atoms with Crippen LogP contribution in [0.5, 0.6) is 0 Å². The largest absolute Gasteiger partial charge is 0.388 e.